The molecule has 0 radical (unpaired) electrons. The fourth-order valence-electron chi connectivity index (χ4n) is 3.18. The van der Waals surface area contributed by atoms with E-state index in [9.17, 15) is 18.4 Å². The lowest BCUT2D eigenvalue weighted by atomic mass is 10.1. The molecule has 6 nitrogen and oxygen atoms in total. The van der Waals surface area contributed by atoms with Gasteiger partial charge in [0.05, 0.1) is 6.42 Å². The minimum absolute atomic E-state index is 0.134. The number of carbonyl (C=O) groups is 2. The summed E-state index contributed by atoms with van der Waals surface area (Å²) < 4.78 is 26.7. The molecule has 3 N–H and O–H groups in total. The maximum absolute atomic E-state index is 13.3. The number of hydrogen-bond acceptors (Lipinski definition) is 4. The van der Waals surface area contributed by atoms with E-state index < -0.39 is 29.5 Å². The van der Waals surface area contributed by atoms with E-state index in [2.05, 4.69) is 41.7 Å². The fourth-order valence-corrected chi connectivity index (χ4v) is 3.18. The number of nitrogens with zero attached hydrogens (tertiary/aromatic N) is 1. The summed E-state index contributed by atoms with van der Waals surface area (Å²) in [5, 5.41) is 8.79. The number of hydrogen-bond donors (Lipinski definition) is 3. The summed E-state index contributed by atoms with van der Waals surface area (Å²) in [5.74, 6) is -1.46. The summed E-state index contributed by atoms with van der Waals surface area (Å²) >= 11 is 0. The maximum atomic E-state index is 13.3. The van der Waals surface area contributed by atoms with Gasteiger partial charge in [0.2, 0.25) is 11.8 Å². The Morgan fingerprint density at radius 1 is 1.06 bits per heavy atom. The van der Waals surface area contributed by atoms with Crippen LogP contribution in [0.1, 0.15) is 57.7 Å². The Labute approximate surface area is 188 Å². The molecule has 2 rings (SSSR count). The summed E-state index contributed by atoms with van der Waals surface area (Å²) in [7, 11) is 0. The van der Waals surface area contributed by atoms with Crippen LogP contribution in [0.4, 0.5) is 14.6 Å². The van der Waals surface area contributed by atoms with Gasteiger partial charge in [-0.15, -0.1) is 0 Å². The van der Waals surface area contributed by atoms with Gasteiger partial charge in [-0.05, 0) is 55.1 Å². The van der Waals surface area contributed by atoms with Crippen molar-refractivity contribution in [3.05, 3.63) is 59.3 Å². The lowest BCUT2D eigenvalue weighted by Gasteiger charge is -2.18. The van der Waals surface area contributed by atoms with Crippen LogP contribution in [0, 0.1) is 17.6 Å². The van der Waals surface area contributed by atoms with E-state index >= 15 is 0 Å². The molecule has 0 aliphatic rings. The highest BCUT2D eigenvalue weighted by Gasteiger charge is 2.21. The number of amides is 2. The zero-order valence-corrected chi connectivity index (χ0v) is 19.0. The van der Waals surface area contributed by atoms with Crippen molar-refractivity contribution in [3.8, 4) is 0 Å². The van der Waals surface area contributed by atoms with Crippen LogP contribution in [0.5, 0.6) is 0 Å². The van der Waals surface area contributed by atoms with Crippen molar-refractivity contribution >= 4 is 17.6 Å². The number of anilines is 1. The number of carbonyl (C=O) groups excluding carboxylic acids is 2. The molecule has 174 valence electrons. The van der Waals surface area contributed by atoms with Crippen molar-refractivity contribution in [2.24, 2.45) is 5.92 Å². The molecule has 2 atom stereocenters. The summed E-state index contributed by atoms with van der Waals surface area (Å²) in [5.41, 5.74) is 1.21. The fraction of sp³-hybridized carbons (Fsp3) is 0.458. The van der Waals surface area contributed by atoms with Crippen molar-refractivity contribution in [1.29, 1.82) is 0 Å². The quantitative estimate of drug-likeness (QED) is 0.485. The van der Waals surface area contributed by atoms with Gasteiger partial charge in [-0.1, -0.05) is 33.3 Å². The number of pyridine rings is 1. The Kier molecular flexibility index (Phi) is 9.71. The molecule has 0 aliphatic carbocycles. The van der Waals surface area contributed by atoms with Gasteiger partial charge in [-0.3, -0.25) is 9.59 Å². The second-order valence-electron chi connectivity index (χ2n) is 8.35. The molecular formula is C24H32F2N4O2. The summed E-state index contributed by atoms with van der Waals surface area (Å²) in [4.78, 5) is 29.4. The van der Waals surface area contributed by atoms with Gasteiger partial charge in [-0.2, -0.15) is 0 Å². The number of halogens is 2. The van der Waals surface area contributed by atoms with Gasteiger partial charge >= 0.3 is 0 Å². The SMILES string of the molecule is CCCC(NC(=O)Cc1cc(F)cc(F)c1)C(=O)Nc1ccc(C(C)NCC(C)C)cn1. The predicted molar refractivity (Wildman–Crippen MR) is 121 cm³/mol. The van der Waals surface area contributed by atoms with Crippen LogP contribution in [0.3, 0.4) is 0 Å². The first kappa shape index (κ1) is 25.4. The monoisotopic (exact) mass is 446 g/mol. The Hall–Kier alpha value is -2.87. The molecule has 0 saturated carbocycles. The summed E-state index contributed by atoms with van der Waals surface area (Å²) in [6.45, 7) is 9.11. The topological polar surface area (TPSA) is 83.1 Å². The molecule has 0 fully saturated rings. The first-order valence-electron chi connectivity index (χ1n) is 10.9. The van der Waals surface area contributed by atoms with Crippen LogP contribution in [-0.4, -0.2) is 29.4 Å². The second-order valence-corrected chi connectivity index (χ2v) is 8.35. The zero-order valence-electron chi connectivity index (χ0n) is 19.0. The molecule has 2 aromatic rings. The standard InChI is InChI=1S/C24H32F2N4O2/c1-5-6-21(29-23(31)11-17-9-19(25)12-20(26)10-17)24(32)30-22-8-7-18(14-28-22)16(4)27-13-15(2)3/h7-10,12,14-16,21,27H,5-6,11,13H2,1-4H3,(H,29,31)(H,28,30,32). The van der Waals surface area contributed by atoms with E-state index in [1.165, 1.54) is 0 Å². The van der Waals surface area contributed by atoms with E-state index in [0.29, 0.717) is 24.6 Å². The number of rotatable bonds is 11. The van der Waals surface area contributed by atoms with E-state index in [-0.39, 0.29) is 18.0 Å². The first-order valence-corrected chi connectivity index (χ1v) is 10.9. The van der Waals surface area contributed by atoms with Gasteiger partial charge in [0.25, 0.3) is 0 Å². The van der Waals surface area contributed by atoms with Crippen LogP contribution in [0.2, 0.25) is 0 Å². The molecule has 0 spiro atoms. The van der Waals surface area contributed by atoms with E-state index in [1.807, 2.05) is 13.0 Å². The second kappa shape index (κ2) is 12.2. The molecular weight excluding hydrogens is 414 g/mol. The van der Waals surface area contributed by atoms with Gasteiger partial charge in [0.1, 0.15) is 23.5 Å². The van der Waals surface area contributed by atoms with Crippen LogP contribution >= 0.6 is 0 Å². The third kappa shape index (κ3) is 8.34. The first-order chi connectivity index (χ1) is 15.2. The molecule has 0 saturated heterocycles. The highest BCUT2D eigenvalue weighted by Crippen LogP contribution is 2.14. The minimum atomic E-state index is -0.779. The van der Waals surface area contributed by atoms with Gasteiger partial charge < -0.3 is 16.0 Å². The largest absolute Gasteiger partial charge is 0.344 e. The average molecular weight is 447 g/mol. The smallest absolute Gasteiger partial charge is 0.248 e. The molecule has 2 amide bonds. The van der Waals surface area contributed by atoms with E-state index in [1.54, 1.807) is 12.3 Å². The van der Waals surface area contributed by atoms with Crippen molar-refractivity contribution in [3.63, 3.8) is 0 Å². The summed E-state index contributed by atoms with van der Waals surface area (Å²) in [6, 6.07) is 5.91. The van der Waals surface area contributed by atoms with E-state index in [4.69, 9.17) is 0 Å². The molecule has 8 heteroatoms. The van der Waals surface area contributed by atoms with Crippen LogP contribution in [0.25, 0.3) is 0 Å². The Morgan fingerprint density at radius 2 is 1.75 bits per heavy atom. The molecule has 1 heterocycles. The lowest BCUT2D eigenvalue weighted by Crippen LogP contribution is -2.44. The predicted octanol–water partition coefficient (Wildman–Crippen LogP) is 4.13. The van der Waals surface area contributed by atoms with Crippen LogP contribution in [0.15, 0.2) is 36.5 Å². The maximum Gasteiger partial charge on any atom is 0.248 e. The molecule has 1 aromatic carbocycles. The molecule has 32 heavy (non-hydrogen) atoms. The van der Waals surface area contributed by atoms with Crippen molar-refractivity contribution < 1.29 is 18.4 Å². The molecule has 1 aromatic heterocycles. The Morgan fingerprint density at radius 3 is 2.31 bits per heavy atom. The normalized spacial score (nSPS) is 13.0. The average Bonchev–Trinajstić information content (AvgIpc) is 2.71. The lowest BCUT2D eigenvalue weighted by molar-refractivity contribution is -0.126. The number of nitrogens with one attached hydrogen (secondary N) is 3. The third-order valence-corrected chi connectivity index (χ3v) is 4.89. The van der Waals surface area contributed by atoms with Gasteiger partial charge in [0, 0.05) is 18.3 Å². The van der Waals surface area contributed by atoms with Crippen LogP contribution < -0.4 is 16.0 Å². The zero-order chi connectivity index (χ0) is 23.7. The molecule has 0 bridgehead atoms. The highest BCUT2D eigenvalue weighted by molar-refractivity contribution is 5.96. The number of benzene rings is 1. The highest BCUT2D eigenvalue weighted by atomic mass is 19.1. The molecule has 2 unspecified atom stereocenters. The van der Waals surface area contributed by atoms with Gasteiger partial charge in [-0.25, -0.2) is 13.8 Å². The number of aromatic nitrogens is 1. The van der Waals surface area contributed by atoms with Crippen molar-refractivity contribution in [2.45, 2.75) is 59.0 Å². The van der Waals surface area contributed by atoms with Crippen molar-refractivity contribution in [2.75, 3.05) is 11.9 Å². The van der Waals surface area contributed by atoms with Crippen molar-refractivity contribution in [1.82, 2.24) is 15.6 Å². The summed E-state index contributed by atoms with van der Waals surface area (Å²) in [6.07, 6.45) is 2.57. The molecule has 0 aliphatic heterocycles. The minimum Gasteiger partial charge on any atom is -0.344 e. The Balaban J connectivity index is 1.96. The van der Waals surface area contributed by atoms with Gasteiger partial charge in [0.15, 0.2) is 0 Å². The Bertz CT molecular complexity index is 883. The van der Waals surface area contributed by atoms with Crippen LogP contribution in [-0.2, 0) is 16.0 Å². The third-order valence-electron chi connectivity index (χ3n) is 4.89. The van der Waals surface area contributed by atoms with E-state index in [0.717, 1.165) is 30.3 Å².